The Balaban J connectivity index is 1.94. The van der Waals surface area contributed by atoms with Crippen molar-refractivity contribution in [1.29, 1.82) is 0 Å². The number of ether oxygens (including phenoxy) is 1. The number of rotatable bonds is 4. The van der Waals surface area contributed by atoms with Gasteiger partial charge in [0.2, 0.25) is 5.91 Å². The molecule has 1 aliphatic carbocycles. The Labute approximate surface area is 123 Å². The van der Waals surface area contributed by atoms with Crippen molar-refractivity contribution in [2.45, 2.75) is 65.1 Å². The lowest BCUT2D eigenvalue weighted by molar-refractivity contribution is -0.167. The quantitative estimate of drug-likeness (QED) is 0.858. The molecule has 0 aromatic heterocycles. The first-order valence-corrected chi connectivity index (χ1v) is 7.99. The van der Waals surface area contributed by atoms with Crippen LogP contribution in [0.15, 0.2) is 0 Å². The molecule has 1 N–H and O–H groups in total. The first-order chi connectivity index (χ1) is 9.37. The largest absolute Gasteiger partial charge is 0.378 e. The molecule has 0 aromatic carbocycles. The number of carbonyl (C=O) groups excluding carboxylic acids is 1. The molecule has 0 aromatic rings. The molecule has 0 radical (unpaired) electrons. The van der Waals surface area contributed by atoms with Crippen LogP contribution in [0.25, 0.3) is 0 Å². The maximum absolute atomic E-state index is 12.7. The highest BCUT2D eigenvalue weighted by Gasteiger charge is 2.52. The number of nitrogens with zero attached hydrogens (tertiary/aromatic N) is 1. The zero-order valence-corrected chi connectivity index (χ0v) is 13.6. The summed E-state index contributed by atoms with van der Waals surface area (Å²) in [4.78, 5) is 14.7. The molecule has 1 amide bonds. The van der Waals surface area contributed by atoms with Gasteiger partial charge in [0, 0.05) is 37.1 Å². The Kier molecular flexibility index (Phi) is 4.75. The first-order valence-electron chi connectivity index (χ1n) is 7.99. The number of nitrogens with one attached hydrogen (secondary N) is 1. The van der Waals surface area contributed by atoms with E-state index in [1.807, 2.05) is 18.9 Å². The Morgan fingerprint density at radius 1 is 1.40 bits per heavy atom. The van der Waals surface area contributed by atoms with Gasteiger partial charge in [0.25, 0.3) is 0 Å². The molecule has 2 fully saturated rings. The zero-order chi connectivity index (χ0) is 14.9. The van der Waals surface area contributed by atoms with E-state index in [0.29, 0.717) is 24.1 Å². The average Bonchev–Trinajstić information content (AvgIpc) is 2.41. The Morgan fingerprint density at radius 2 is 2.10 bits per heavy atom. The van der Waals surface area contributed by atoms with Gasteiger partial charge < -0.3 is 15.0 Å². The first kappa shape index (κ1) is 15.8. The van der Waals surface area contributed by atoms with Gasteiger partial charge in [0.1, 0.15) is 0 Å². The minimum Gasteiger partial charge on any atom is -0.378 e. The molecule has 4 atom stereocenters. The van der Waals surface area contributed by atoms with E-state index in [4.69, 9.17) is 4.74 Å². The van der Waals surface area contributed by atoms with Crippen molar-refractivity contribution in [3.63, 3.8) is 0 Å². The minimum absolute atomic E-state index is 0.0684. The third-order valence-corrected chi connectivity index (χ3v) is 5.28. The van der Waals surface area contributed by atoms with E-state index in [9.17, 15) is 4.79 Å². The molecule has 1 heterocycles. The van der Waals surface area contributed by atoms with E-state index in [1.165, 1.54) is 0 Å². The highest BCUT2D eigenvalue weighted by molar-refractivity contribution is 5.79. The summed E-state index contributed by atoms with van der Waals surface area (Å²) in [5.74, 6) is 0.518. The minimum atomic E-state index is 0.0684. The van der Waals surface area contributed by atoms with Gasteiger partial charge in [-0.15, -0.1) is 0 Å². The fraction of sp³-hybridized carbons (Fsp3) is 0.938. The molecule has 2 rings (SSSR count). The fourth-order valence-corrected chi connectivity index (χ4v) is 3.80. The van der Waals surface area contributed by atoms with Crippen LogP contribution in [0.1, 0.15) is 47.0 Å². The lowest BCUT2D eigenvalue weighted by atomic mass is 9.63. The van der Waals surface area contributed by atoms with Crippen molar-refractivity contribution in [3.8, 4) is 0 Å². The SMILES string of the molecule is CCOC1CC(N(C)C(=O)[C@H]2CCN[C@@H](C)C2)C1(C)C. The van der Waals surface area contributed by atoms with Crippen molar-refractivity contribution < 1.29 is 9.53 Å². The van der Waals surface area contributed by atoms with Gasteiger partial charge in [-0.3, -0.25) is 4.79 Å². The van der Waals surface area contributed by atoms with Gasteiger partial charge in [0.15, 0.2) is 0 Å². The standard InChI is InChI=1S/C16H30N2O2/c1-6-20-14-10-13(16(14,3)4)18(5)15(19)12-7-8-17-11(2)9-12/h11-14,17H,6-10H2,1-5H3/t11-,12-,13?,14?/m0/s1. The summed E-state index contributed by atoms with van der Waals surface area (Å²) in [7, 11) is 1.98. The molecule has 116 valence electrons. The van der Waals surface area contributed by atoms with Gasteiger partial charge >= 0.3 is 0 Å². The third-order valence-electron chi connectivity index (χ3n) is 5.28. The lowest BCUT2D eigenvalue weighted by Gasteiger charge is -2.55. The van der Waals surface area contributed by atoms with Crippen molar-refractivity contribution in [1.82, 2.24) is 10.2 Å². The van der Waals surface area contributed by atoms with Crippen LogP contribution in [-0.2, 0) is 9.53 Å². The molecule has 4 heteroatoms. The zero-order valence-electron chi connectivity index (χ0n) is 13.6. The molecule has 0 spiro atoms. The molecular formula is C16H30N2O2. The number of hydrogen-bond donors (Lipinski definition) is 1. The molecular weight excluding hydrogens is 252 g/mol. The van der Waals surface area contributed by atoms with E-state index in [1.54, 1.807) is 0 Å². The van der Waals surface area contributed by atoms with Crippen LogP contribution in [0, 0.1) is 11.3 Å². The van der Waals surface area contributed by atoms with E-state index < -0.39 is 0 Å². The van der Waals surface area contributed by atoms with Gasteiger partial charge in [-0.05, 0) is 39.7 Å². The predicted octanol–water partition coefficient (Wildman–Crippen LogP) is 2.04. The van der Waals surface area contributed by atoms with Crippen LogP contribution in [0.5, 0.6) is 0 Å². The molecule has 1 saturated carbocycles. The summed E-state index contributed by atoms with van der Waals surface area (Å²) >= 11 is 0. The molecule has 2 aliphatic rings. The number of piperidine rings is 1. The Morgan fingerprint density at radius 3 is 2.65 bits per heavy atom. The van der Waals surface area contributed by atoms with Gasteiger partial charge in [0.05, 0.1) is 6.10 Å². The van der Waals surface area contributed by atoms with Crippen LogP contribution in [0.2, 0.25) is 0 Å². The number of hydrogen-bond acceptors (Lipinski definition) is 3. The predicted molar refractivity (Wildman–Crippen MR) is 80.6 cm³/mol. The van der Waals surface area contributed by atoms with Crippen LogP contribution in [0.3, 0.4) is 0 Å². The second-order valence-electron chi connectivity index (χ2n) is 7.04. The summed E-state index contributed by atoms with van der Waals surface area (Å²) < 4.78 is 5.77. The van der Waals surface area contributed by atoms with Gasteiger partial charge in [-0.2, -0.15) is 0 Å². The molecule has 20 heavy (non-hydrogen) atoms. The highest BCUT2D eigenvalue weighted by atomic mass is 16.5. The number of amides is 1. The van der Waals surface area contributed by atoms with Crippen molar-refractivity contribution in [2.75, 3.05) is 20.2 Å². The molecule has 1 saturated heterocycles. The van der Waals surface area contributed by atoms with E-state index in [-0.39, 0.29) is 11.3 Å². The Hall–Kier alpha value is -0.610. The Bertz CT molecular complexity index is 356. The monoisotopic (exact) mass is 282 g/mol. The van der Waals surface area contributed by atoms with Crippen LogP contribution in [0.4, 0.5) is 0 Å². The van der Waals surface area contributed by atoms with Gasteiger partial charge in [-0.25, -0.2) is 0 Å². The summed E-state index contributed by atoms with van der Waals surface area (Å²) in [5.41, 5.74) is 0.0684. The van der Waals surface area contributed by atoms with Gasteiger partial charge in [-0.1, -0.05) is 13.8 Å². The maximum atomic E-state index is 12.7. The second kappa shape index (κ2) is 6.02. The molecule has 1 aliphatic heterocycles. The normalized spacial score (nSPS) is 36.2. The van der Waals surface area contributed by atoms with Crippen molar-refractivity contribution in [3.05, 3.63) is 0 Å². The second-order valence-corrected chi connectivity index (χ2v) is 7.04. The molecule has 0 bridgehead atoms. The smallest absolute Gasteiger partial charge is 0.225 e. The van der Waals surface area contributed by atoms with Crippen molar-refractivity contribution in [2.24, 2.45) is 11.3 Å². The van der Waals surface area contributed by atoms with E-state index in [0.717, 1.165) is 32.4 Å². The topological polar surface area (TPSA) is 41.6 Å². The van der Waals surface area contributed by atoms with Crippen LogP contribution in [-0.4, -0.2) is 49.2 Å². The summed E-state index contributed by atoms with van der Waals surface area (Å²) in [6.45, 7) is 10.4. The van der Waals surface area contributed by atoms with Crippen molar-refractivity contribution >= 4 is 5.91 Å². The fourth-order valence-electron chi connectivity index (χ4n) is 3.80. The maximum Gasteiger partial charge on any atom is 0.225 e. The highest BCUT2D eigenvalue weighted by Crippen LogP contribution is 2.45. The van der Waals surface area contributed by atoms with E-state index >= 15 is 0 Å². The molecule has 2 unspecified atom stereocenters. The average molecular weight is 282 g/mol. The molecule has 4 nitrogen and oxygen atoms in total. The summed E-state index contributed by atoms with van der Waals surface area (Å²) in [6, 6.07) is 0.772. The number of carbonyl (C=O) groups is 1. The van der Waals surface area contributed by atoms with Crippen LogP contribution >= 0.6 is 0 Å². The summed E-state index contributed by atoms with van der Waals surface area (Å²) in [5, 5.41) is 3.41. The lowest BCUT2D eigenvalue weighted by Crippen LogP contribution is -2.63. The van der Waals surface area contributed by atoms with E-state index in [2.05, 4.69) is 26.1 Å². The summed E-state index contributed by atoms with van der Waals surface area (Å²) in [6.07, 6.45) is 3.20. The third kappa shape index (κ3) is 2.86. The van der Waals surface area contributed by atoms with Crippen LogP contribution < -0.4 is 5.32 Å².